The molecule has 0 bridgehead atoms. The summed E-state index contributed by atoms with van der Waals surface area (Å²) >= 11 is 0. The van der Waals surface area contributed by atoms with E-state index in [2.05, 4.69) is 17.2 Å². The molecule has 2 rings (SSSR count). The molecule has 0 spiro atoms. The standard InChI is InChI=1S/C14H23N3O4/c1-3-4-5-15-11-6-10(8-18)21-13(11)17-7-9(2)12(19)16-14(17)20/h7,10-11,13,15,18H,3-6,8H2,1-2H3,(H,16,19,20)/t10-,11?,13+/m0/s1. The third-order valence-electron chi connectivity index (χ3n) is 3.75. The molecule has 118 valence electrons. The van der Waals surface area contributed by atoms with Gasteiger partial charge in [-0.05, 0) is 26.3 Å². The van der Waals surface area contributed by atoms with Gasteiger partial charge in [-0.15, -0.1) is 0 Å². The topological polar surface area (TPSA) is 96.3 Å². The van der Waals surface area contributed by atoms with Gasteiger partial charge in [0, 0.05) is 11.8 Å². The molecule has 7 nitrogen and oxygen atoms in total. The van der Waals surface area contributed by atoms with Crippen LogP contribution >= 0.6 is 0 Å². The number of aliphatic hydroxyl groups is 1. The molecule has 1 unspecified atom stereocenters. The highest BCUT2D eigenvalue weighted by Crippen LogP contribution is 2.27. The van der Waals surface area contributed by atoms with Crippen molar-refractivity contribution in [1.29, 1.82) is 0 Å². The smallest absolute Gasteiger partial charge is 0.330 e. The van der Waals surface area contributed by atoms with Crippen molar-refractivity contribution in [2.24, 2.45) is 0 Å². The van der Waals surface area contributed by atoms with Crippen molar-refractivity contribution in [3.63, 3.8) is 0 Å². The van der Waals surface area contributed by atoms with Crippen LogP contribution in [0.5, 0.6) is 0 Å². The largest absolute Gasteiger partial charge is 0.394 e. The molecule has 3 atom stereocenters. The Morgan fingerprint density at radius 1 is 1.52 bits per heavy atom. The molecule has 0 amide bonds. The second-order valence-corrected chi connectivity index (χ2v) is 5.46. The molecule has 0 aromatic carbocycles. The van der Waals surface area contributed by atoms with Crippen LogP contribution in [0.2, 0.25) is 0 Å². The zero-order valence-corrected chi connectivity index (χ0v) is 12.5. The van der Waals surface area contributed by atoms with E-state index in [1.807, 2.05) is 0 Å². The number of aromatic nitrogens is 2. The summed E-state index contributed by atoms with van der Waals surface area (Å²) in [5.74, 6) is 0. The first kappa shape index (κ1) is 15.9. The van der Waals surface area contributed by atoms with Gasteiger partial charge in [0.25, 0.3) is 5.56 Å². The number of aryl methyl sites for hydroxylation is 1. The molecular formula is C14H23N3O4. The highest BCUT2D eigenvalue weighted by molar-refractivity contribution is 5.02. The Labute approximate surface area is 123 Å². The van der Waals surface area contributed by atoms with Gasteiger partial charge in [0.2, 0.25) is 0 Å². The fraction of sp³-hybridized carbons (Fsp3) is 0.714. The molecule has 1 fully saturated rings. The number of hydrogen-bond donors (Lipinski definition) is 3. The Hall–Kier alpha value is -1.44. The maximum absolute atomic E-state index is 12.0. The third-order valence-corrected chi connectivity index (χ3v) is 3.75. The van der Waals surface area contributed by atoms with Crippen molar-refractivity contribution < 1.29 is 9.84 Å². The van der Waals surface area contributed by atoms with Gasteiger partial charge in [-0.3, -0.25) is 14.3 Å². The van der Waals surface area contributed by atoms with Gasteiger partial charge in [0.15, 0.2) is 6.23 Å². The van der Waals surface area contributed by atoms with E-state index in [9.17, 15) is 14.7 Å². The van der Waals surface area contributed by atoms with E-state index in [0.717, 1.165) is 19.4 Å². The summed E-state index contributed by atoms with van der Waals surface area (Å²) in [6.45, 7) is 4.50. The fourth-order valence-corrected chi connectivity index (χ4v) is 2.55. The number of rotatable bonds is 6. The molecular weight excluding hydrogens is 274 g/mol. The summed E-state index contributed by atoms with van der Waals surface area (Å²) in [4.78, 5) is 25.7. The first-order chi connectivity index (χ1) is 10.1. The Balaban J connectivity index is 2.24. The number of hydrogen-bond acceptors (Lipinski definition) is 5. The number of ether oxygens (including phenoxy) is 1. The van der Waals surface area contributed by atoms with Gasteiger partial charge in [-0.1, -0.05) is 13.3 Å². The molecule has 0 aliphatic carbocycles. The second kappa shape index (κ2) is 7.02. The van der Waals surface area contributed by atoms with Crippen LogP contribution in [0.15, 0.2) is 15.8 Å². The molecule has 1 aromatic heterocycles. The SMILES string of the molecule is CCCCNC1C[C@@H](CO)O[C@H]1n1cc(C)c(=O)[nH]c1=O. The van der Waals surface area contributed by atoms with Crippen molar-refractivity contribution in [2.45, 2.75) is 51.5 Å². The number of nitrogens with one attached hydrogen (secondary N) is 2. The van der Waals surface area contributed by atoms with Gasteiger partial charge < -0.3 is 15.2 Å². The minimum absolute atomic E-state index is 0.0586. The van der Waals surface area contributed by atoms with Crippen LogP contribution in [-0.4, -0.2) is 40.0 Å². The summed E-state index contributed by atoms with van der Waals surface area (Å²) in [5, 5.41) is 12.7. The Morgan fingerprint density at radius 3 is 2.95 bits per heavy atom. The lowest BCUT2D eigenvalue weighted by Crippen LogP contribution is -2.41. The van der Waals surface area contributed by atoms with Crippen LogP contribution in [0, 0.1) is 6.92 Å². The first-order valence-electron chi connectivity index (χ1n) is 7.38. The monoisotopic (exact) mass is 297 g/mol. The average Bonchev–Trinajstić information content (AvgIpc) is 2.86. The predicted octanol–water partition coefficient (Wildman–Crippen LogP) is -0.117. The molecule has 0 radical (unpaired) electrons. The van der Waals surface area contributed by atoms with Gasteiger partial charge in [-0.25, -0.2) is 4.79 Å². The van der Waals surface area contributed by atoms with Gasteiger partial charge >= 0.3 is 5.69 Å². The number of nitrogens with zero attached hydrogens (tertiary/aromatic N) is 1. The second-order valence-electron chi connectivity index (χ2n) is 5.46. The Kier molecular flexibility index (Phi) is 5.33. The molecule has 0 saturated carbocycles. The highest BCUT2D eigenvalue weighted by Gasteiger charge is 2.36. The molecule has 3 N–H and O–H groups in total. The van der Waals surface area contributed by atoms with Crippen molar-refractivity contribution in [3.05, 3.63) is 32.6 Å². The van der Waals surface area contributed by atoms with E-state index in [0.29, 0.717) is 12.0 Å². The zero-order valence-electron chi connectivity index (χ0n) is 12.5. The summed E-state index contributed by atoms with van der Waals surface area (Å²) in [5.41, 5.74) is -0.419. The van der Waals surface area contributed by atoms with Crippen LogP contribution in [-0.2, 0) is 4.74 Å². The molecule has 7 heteroatoms. The van der Waals surface area contributed by atoms with Crippen LogP contribution in [0.3, 0.4) is 0 Å². The van der Waals surface area contributed by atoms with Crippen molar-refractivity contribution in [1.82, 2.24) is 14.9 Å². The van der Waals surface area contributed by atoms with E-state index in [-0.39, 0.29) is 24.3 Å². The summed E-state index contributed by atoms with van der Waals surface area (Å²) in [6.07, 6.45) is 3.45. The van der Waals surface area contributed by atoms with Crippen LogP contribution in [0.25, 0.3) is 0 Å². The van der Waals surface area contributed by atoms with Crippen LogP contribution in [0.1, 0.15) is 38.0 Å². The maximum atomic E-state index is 12.0. The lowest BCUT2D eigenvalue weighted by atomic mass is 10.1. The van der Waals surface area contributed by atoms with E-state index in [1.54, 1.807) is 6.92 Å². The first-order valence-corrected chi connectivity index (χ1v) is 7.38. The number of unbranched alkanes of at least 4 members (excludes halogenated alkanes) is 1. The molecule has 1 saturated heterocycles. The van der Waals surface area contributed by atoms with Crippen LogP contribution < -0.4 is 16.6 Å². The Bertz CT molecular complexity index is 580. The van der Waals surface area contributed by atoms with Gasteiger partial charge in [0.1, 0.15) is 0 Å². The predicted molar refractivity (Wildman–Crippen MR) is 78.4 cm³/mol. The lowest BCUT2D eigenvalue weighted by Gasteiger charge is -2.22. The van der Waals surface area contributed by atoms with E-state index < -0.39 is 11.9 Å². The lowest BCUT2D eigenvalue weighted by molar-refractivity contribution is -0.0306. The molecule has 1 aromatic rings. The van der Waals surface area contributed by atoms with Crippen molar-refractivity contribution in [2.75, 3.05) is 13.2 Å². The maximum Gasteiger partial charge on any atom is 0.330 e. The fourth-order valence-electron chi connectivity index (χ4n) is 2.55. The molecule has 2 heterocycles. The zero-order chi connectivity index (χ0) is 15.4. The summed E-state index contributed by atoms with van der Waals surface area (Å²) in [7, 11) is 0. The van der Waals surface area contributed by atoms with Gasteiger partial charge in [-0.2, -0.15) is 0 Å². The van der Waals surface area contributed by atoms with Gasteiger partial charge in [0.05, 0.1) is 18.8 Å². The highest BCUT2D eigenvalue weighted by atomic mass is 16.5. The van der Waals surface area contributed by atoms with E-state index in [1.165, 1.54) is 10.8 Å². The van der Waals surface area contributed by atoms with Crippen molar-refractivity contribution in [3.8, 4) is 0 Å². The van der Waals surface area contributed by atoms with Crippen molar-refractivity contribution >= 4 is 0 Å². The average molecular weight is 297 g/mol. The number of H-pyrrole nitrogens is 1. The van der Waals surface area contributed by atoms with E-state index in [4.69, 9.17) is 4.74 Å². The number of aromatic amines is 1. The normalized spacial score (nSPS) is 25.4. The number of aliphatic hydroxyl groups excluding tert-OH is 1. The Morgan fingerprint density at radius 2 is 2.29 bits per heavy atom. The molecule has 21 heavy (non-hydrogen) atoms. The minimum Gasteiger partial charge on any atom is -0.394 e. The van der Waals surface area contributed by atoms with E-state index >= 15 is 0 Å². The molecule has 1 aliphatic heterocycles. The third kappa shape index (κ3) is 3.61. The minimum atomic E-state index is -0.512. The quantitative estimate of drug-likeness (QED) is 0.636. The molecule has 1 aliphatic rings. The summed E-state index contributed by atoms with van der Waals surface area (Å²) < 4.78 is 7.14. The summed E-state index contributed by atoms with van der Waals surface area (Å²) in [6, 6.07) is -0.0586. The van der Waals surface area contributed by atoms with Crippen LogP contribution in [0.4, 0.5) is 0 Å².